The fourth-order valence-corrected chi connectivity index (χ4v) is 5.69. The third-order valence-electron chi connectivity index (χ3n) is 6.84. The van der Waals surface area contributed by atoms with E-state index in [1.807, 2.05) is 0 Å². The summed E-state index contributed by atoms with van der Waals surface area (Å²) in [6.45, 7) is 2.65. The molecule has 2 aromatic rings. The van der Waals surface area contributed by atoms with Crippen LogP contribution in [0.15, 0.2) is 51.8 Å². The molecule has 2 saturated heterocycles. The maximum atomic E-state index is 13.3. The van der Waals surface area contributed by atoms with E-state index in [4.69, 9.17) is 9.47 Å². The van der Waals surface area contributed by atoms with Crippen LogP contribution in [-0.2, 0) is 19.6 Å². The number of nitrogens with one attached hydrogen (secondary N) is 3. The van der Waals surface area contributed by atoms with Gasteiger partial charge in [-0.2, -0.15) is 12.8 Å². The van der Waals surface area contributed by atoms with Gasteiger partial charge in [0.05, 0.1) is 13.7 Å². The van der Waals surface area contributed by atoms with E-state index in [9.17, 15) is 22.4 Å². The first kappa shape index (κ1) is 28.7. The lowest BCUT2D eigenvalue weighted by atomic mass is 9.90. The van der Waals surface area contributed by atoms with Crippen molar-refractivity contribution in [3.63, 3.8) is 0 Å². The third-order valence-corrected chi connectivity index (χ3v) is 8.13. The number of hydrogen-bond acceptors (Lipinski definition) is 7. The van der Waals surface area contributed by atoms with Gasteiger partial charge in [0.25, 0.3) is 15.9 Å². The summed E-state index contributed by atoms with van der Waals surface area (Å²) in [5, 5.41) is 8.83. The van der Waals surface area contributed by atoms with E-state index in [1.54, 1.807) is 0 Å². The summed E-state index contributed by atoms with van der Waals surface area (Å²) in [4.78, 5) is 26.1. The lowest BCUT2D eigenvalue weighted by molar-refractivity contribution is -0.118. The molecule has 4 rings (SSSR count). The molecule has 0 aliphatic carbocycles. The summed E-state index contributed by atoms with van der Waals surface area (Å²) >= 11 is 0. The molecule has 0 saturated carbocycles. The van der Waals surface area contributed by atoms with E-state index in [1.165, 1.54) is 55.8 Å². The minimum Gasteiger partial charge on any atom is -0.495 e. The second-order valence-electron chi connectivity index (χ2n) is 9.67. The van der Waals surface area contributed by atoms with Crippen LogP contribution in [0.2, 0.25) is 0 Å². The minimum atomic E-state index is -4.03. The molecule has 10 nitrogen and oxygen atoms in total. The van der Waals surface area contributed by atoms with Gasteiger partial charge in [-0.3, -0.25) is 9.59 Å². The van der Waals surface area contributed by atoms with Gasteiger partial charge in [-0.25, -0.2) is 4.39 Å². The number of halogens is 1. The fraction of sp³-hybridized carbons (Fsp3) is 0.444. The molecule has 0 bridgehead atoms. The summed E-state index contributed by atoms with van der Waals surface area (Å²) in [5.41, 5.74) is 0.538. The number of methoxy groups -OCH3 is 1. The quantitative estimate of drug-likeness (QED) is 0.380. The molecule has 2 amide bonds. The van der Waals surface area contributed by atoms with E-state index in [2.05, 4.69) is 20.3 Å². The maximum absolute atomic E-state index is 13.3. The Morgan fingerprint density at radius 1 is 1.18 bits per heavy atom. The zero-order valence-corrected chi connectivity index (χ0v) is 22.5. The first-order valence-electron chi connectivity index (χ1n) is 12.9. The zero-order chi connectivity index (χ0) is 27.8. The highest BCUT2D eigenvalue weighted by atomic mass is 32.2. The van der Waals surface area contributed by atoms with Crippen molar-refractivity contribution < 1.29 is 31.9 Å². The van der Waals surface area contributed by atoms with Crippen molar-refractivity contribution in [2.75, 3.05) is 38.7 Å². The maximum Gasteiger partial charge on any atom is 0.285 e. The standard InChI is InChI=1S/C27H33FN4O6S/c1-37-24-15-22(6-7-25(24)39(35,36)30-16-19-10-13-38-17-19)31-27(34)23(14-18-8-11-29-12-9-18)32-26(33)20-2-4-21(28)5-3-20/h2-7,15-16,18-19,23,29H,8-14,17H2,1H3,(H,31,34)(H,32,33)/b30-16+/t19?,23-/m0/s1. The normalized spacial score (nSPS) is 19.1. The van der Waals surface area contributed by atoms with Gasteiger partial charge in [-0.15, -0.1) is 0 Å². The number of anilines is 1. The first-order chi connectivity index (χ1) is 18.7. The number of piperidine rings is 1. The van der Waals surface area contributed by atoms with Crippen LogP contribution >= 0.6 is 0 Å². The van der Waals surface area contributed by atoms with E-state index < -0.39 is 33.7 Å². The Balaban J connectivity index is 1.50. The van der Waals surface area contributed by atoms with Crippen molar-refractivity contribution in [2.45, 2.75) is 36.6 Å². The molecule has 0 aromatic heterocycles. The molecular formula is C27H33FN4O6S. The van der Waals surface area contributed by atoms with Crippen molar-refractivity contribution >= 4 is 33.7 Å². The molecule has 0 spiro atoms. The number of amides is 2. The van der Waals surface area contributed by atoms with Crippen molar-refractivity contribution in [2.24, 2.45) is 16.2 Å². The van der Waals surface area contributed by atoms with Gasteiger partial charge in [0, 0.05) is 36.1 Å². The van der Waals surface area contributed by atoms with Crippen LogP contribution in [0.1, 0.15) is 36.0 Å². The molecule has 2 atom stereocenters. The second kappa shape index (κ2) is 13.1. The molecule has 2 aliphatic heterocycles. The van der Waals surface area contributed by atoms with E-state index in [0.29, 0.717) is 31.7 Å². The minimum absolute atomic E-state index is 0.0258. The predicted octanol–water partition coefficient (Wildman–Crippen LogP) is 2.76. The molecule has 12 heteroatoms. The van der Waals surface area contributed by atoms with Gasteiger partial charge in [0.2, 0.25) is 5.91 Å². The van der Waals surface area contributed by atoms with Crippen LogP contribution in [-0.4, -0.2) is 65.9 Å². The van der Waals surface area contributed by atoms with Crippen LogP contribution < -0.4 is 20.7 Å². The SMILES string of the molecule is COc1cc(NC(=O)[C@H](CC2CCNCC2)NC(=O)c2ccc(F)cc2)ccc1S(=O)(=O)/N=C/C1CCOC1. The fourth-order valence-electron chi connectivity index (χ4n) is 4.61. The van der Waals surface area contributed by atoms with E-state index in [-0.39, 0.29) is 28.0 Å². The summed E-state index contributed by atoms with van der Waals surface area (Å²) < 4.78 is 53.3. The number of rotatable bonds is 10. The number of carbonyl (C=O) groups is 2. The summed E-state index contributed by atoms with van der Waals surface area (Å²) in [6, 6.07) is 8.40. The lowest BCUT2D eigenvalue weighted by Crippen LogP contribution is -2.46. The highest BCUT2D eigenvalue weighted by Crippen LogP contribution is 2.29. The molecule has 2 fully saturated rings. The zero-order valence-electron chi connectivity index (χ0n) is 21.7. The van der Waals surface area contributed by atoms with Crippen molar-refractivity contribution in [3.8, 4) is 5.75 Å². The topological polar surface area (TPSA) is 135 Å². The third kappa shape index (κ3) is 7.84. The lowest BCUT2D eigenvalue weighted by Gasteiger charge is -2.27. The van der Waals surface area contributed by atoms with Crippen molar-refractivity contribution in [3.05, 3.63) is 53.8 Å². The summed E-state index contributed by atoms with van der Waals surface area (Å²) in [7, 11) is -2.70. The molecule has 39 heavy (non-hydrogen) atoms. The number of benzene rings is 2. The summed E-state index contributed by atoms with van der Waals surface area (Å²) in [5.74, 6) is -1.23. The first-order valence-corrected chi connectivity index (χ1v) is 14.3. The van der Waals surface area contributed by atoms with Gasteiger partial charge >= 0.3 is 0 Å². The molecule has 0 radical (unpaired) electrons. The average molecular weight is 561 g/mol. The molecule has 210 valence electrons. The van der Waals surface area contributed by atoms with E-state index >= 15 is 0 Å². The number of hydrogen-bond donors (Lipinski definition) is 3. The Kier molecular flexibility index (Phi) is 9.65. The number of ether oxygens (including phenoxy) is 2. The van der Waals surface area contributed by atoms with Crippen molar-refractivity contribution in [1.82, 2.24) is 10.6 Å². The Bertz CT molecular complexity index is 1290. The molecule has 2 aliphatic rings. The predicted molar refractivity (Wildman–Crippen MR) is 144 cm³/mol. The molecule has 2 aromatic carbocycles. The largest absolute Gasteiger partial charge is 0.495 e. The number of nitrogens with zero attached hydrogens (tertiary/aromatic N) is 1. The van der Waals surface area contributed by atoms with Crippen LogP contribution in [0.4, 0.5) is 10.1 Å². The molecule has 3 N–H and O–H groups in total. The van der Waals surface area contributed by atoms with E-state index in [0.717, 1.165) is 25.9 Å². The monoisotopic (exact) mass is 560 g/mol. The van der Waals surface area contributed by atoms with Crippen LogP contribution in [0, 0.1) is 17.7 Å². The number of carbonyl (C=O) groups excluding carboxylic acids is 2. The summed E-state index contributed by atoms with van der Waals surface area (Å²) in [6.07, 6.45) is 4.24. The highest BCUT2D eigenvalue weighted by molar-refractivity contribution is 7.90. The molecule has 1 unspecified atom stereocenters. The Hall–Kier alpha value is -3.35. The Labute approximate surface area is 227 Å². The van der Waals surface area contributed by atoms with Gasteiger partial charge in [-0.05, 0) is 81.1 Å². The van der Waals surface area contributed by atoms with Gasteiger partial charge in [-0.1, -0.05) is 0 Å². The van der Waals surface area contributed by atoms with Crippen LogP contribution in [0.25, 0.3) is 0 Å². The van der Waals surface area contributed by atoms with Crippen LogP contribution in [0.3, 0.4) is 0 Å². The van der Waals surface area contributed by atoms with Crippen LogP contribution in [0.5, 0.6) is 5.75 Å². The number of sulfonamides is 1. The van der Waals surface area contributed by atoms with Gasteiger partial charge < -0.3 is 25.4 Å². The molecule has 2 heterocycles. The second-order valence-corrected chi connectivity index (χ2v) is 11.3. The highest BCUT2D eigenvalue weighted by Gasteiger charge is 2.27. The Morgan fingerprint density at radius 3 is 2.59 bits per heavy atom. The average Bonchev–Trinajstić information content (AvgIpc) is 3.46. The van der Waals surface area contributed by atoms with Gasteiger partial charge in [0.1, 0.15) is 22.5 Å². The smallest absolute Gasteiger partial charge is 0.285 e. The van der Waals surface area contributed by atoms with Crippen molar-refractivity contribution in [1.29, 1.82) is 0 Å². The Morgan fingerprint density at radius 2 is 1.92 bits per heavy atom. The molecular weight excluding hydrogens is 527 g/mol. The van der Waals surface area contributed by atoms with Gasteiger partial charge in [0.15, 0.2) is 0 Å².